The zero-order valence-electron chi connectivity index (χ0n) is 9.73. The van der Waals surface area contributed by atoms with Crippen molar-refractivity contribution in [1.82, 2.24) is 5.32 Å². The van der Waals surface area contributed by atoms with E-state index in [1.54, 1.807) is 0 Å². The number of ether oxygens (including phenoxy) is 2. The lowest BCUT2D eigenvalue weighted by atomic mass is 10.1. The Morgan fingerprint density at radius 1 is 1.47 bits per heavy atom. The molecule has 5 heteroatoms. The van der Waals surface area contributed by atoms with Gasteiger partial charge in [0, 0.05) is 6.04 Å². The third-order valence-corrected chi connectivity index (χ3v) is 2.57. The van der Waals surface area contributed by atoms with E-state index in [1.165, 1.54) is 0 Å². The summed E-state index contributed by atoms with van der Waals surface area (Å²) >= 11 is 0. The number of hydrogen-bond donors (Lipinski definition) is 2. The number of benzene rings is 1. The molecule has 1 unspecified atom stereocenters. The van der Waals surface area contributed by atoms with Gasteiger partial charge in [0.25, 0.3) is 0 Å². The number of carbonyl (C=O) groups is 1. The van der Waals surface area contributed by atoms with Gasteiger partial charge in [-0.05, 0) is 31.0 Å². The highest BCUT2D eigenvalue weighted by molar-refractivity contribution is 5.78. The molecule has 5 nitrogen and oxygen atoms in total. The zero-order valence-corrected chi connectivity index (χ0v) is 9.73. The predicted octanol–water partition coefficient (Wildman–Crippen LogP) is 0.421. The minimum Gasteiger partial charge on any atom is -0.454 e. The number of nitrogens with two attached hydrogens (primary N) is 1. The Kier molecular flexibility index (Phi) is 3.49. The number of rotatable bonds is 4. The van der Waals surface area contributed by atoms with Crippen molar-refractivity contribution in [3.05, 3.63) is 23.8 Å². The molecule has 2 rings (SSSR count). The van der Waals surface area contributed by atoms with E-state index in [0.717, 1.165) is 23.5 Å². The van der Waals surface area contributed by atoms with Crippen LogP contribution < -0.4 is 20.5 Å². The molecule has 1 aromatic rings. The Bertz CT molecular complexity index is 420. The second-order valence-electron chi connectivity index (χ2n) is 4.06. The Morgan fingerprint density at radius 2 is 2.24 bits per heavy atom. The van der Waals surface area contributed by atoms with Gasteiger partial charge >= 0.3 is 0 Å². The van der Waals surface area contributed by atoms with Crippen LogP contribution in [0.2, 0.25) is 0 Å². The van der Waals surface area contributed by atoms with Crippen molar-refractivity contribution >= 4 is 5.91 Å². The first kappa shape index (κ1) is 11.7. The van der Waals surface area contributed by atoms with Gasteiger partial charge in [-0.25, -0.2) is 0 Å². The Morgan fingerprint density at radius 3 is 3.00 bits per heavy atom. The van der Waals surface area contributed by atoms with E-state index < -0.39 is 0 Å². The molecule has 1 aliphatic heterocycles. The summed E-state index contributed by atoms with van der Waals surface area (Å²) in [5.41, 5.74) is 6.34. The van der Waals surface area contributed by atoms with E-state index in [9.17, 15) is 4.79 Å². The number of nitrogens with one attached hydrogen (secondary N) is 1. The second-order valence-corrected chi connectivity index (χ2v) is 4.06. The van der Waals surface area contributed by atoms with Crippen LogP contribution in [-0.4, -0.2) is 25.3 Å². The number of amides is 1. The van der Waals surface area contributed by atoms with Crippen LogP contribution >= 0.6 is 0 Å². The molecule has 0 spiro atoms. The lowest BCUT2D eigenvalue weighted by molar-refractivity contribution is -0.120. The standard InChI is InChI=1S/C12H16N2O3/c1-8(14-12(15)6-13)4-9-2-3-10-11(5-9)17-7-16-10/h2-3,5,8H,4,6-7,13H2,1H3,(H,14,15). The van der Waals surface area contributed by atoms with Crippen molar-refractivity contribution in [2.75, 3.05) is 13.3 Å². The van der Waals surface area contributed by atoms with Crippen LogP contribution in [0.15, 0.2) is 18.2 Å². The van der Waals surface area contributed by atoms with Gasteiger partial charge in [0.05, 0.1) is 6.54 Å². The summed E-state index contributed by atoms with van der Waals surface area (Å²) in [4.78, 5) is 11.1. The average Bonchev–Trinajstić information content (AvgIpc) is 2.75. The fraction of sp³-hybridized carbons (Fsp3) is 0.417. The van der Waals surface area contributed by atoms with E-state index >= 15 is 0 Å². The summed E-state index contributed by atoms with van der Waals surface area (Å²) in [5.74, 6) is 1.39. The Balaban J connectivity index is 1.97. The van der Waals surface area contributed by atoms with Crippen molar-refractivity contribution in [2.45, 2.75) is 19.4 Å². The average molecular weight is 236 g/mol. The number of fused-ring (bicyclic) bond motifs is 1. The summed E-state index contributed by atoms with van der Waals surface area (Å²) in [6.45, 7) is 2.24. The number of hydrogen-bond acceptors (Lipinski definition) is 4. The molecule has 0 fully saturated rings. The fourth-order valence-electron chi connectivity index (χ4n) is 1.81. The van der Waals surface area contributed by atoms with Gasteiger partial charge in [0.2, 0.25) is 12.7 Å². The summed E-state index contributed by atoms with van der Waals surface area (Å²) < 4.78 is 10.5. The van der Waals surface area contributed by atoms with E-state index in [2.05, 4.69) is 5.32 Å². The molecular weight excluding hydrogens is 220 g/mol. The molecular formula is C12H16N2O3. The van der Waals surface area contributed by atoms with Gasteiger partial charge in [0.15, 0.2) is 11.5 Å². The van der Waals surface area contributed by atoms with Gasteiger partial charge in [0.1, 0.15) is 0 Å². The van der Waals surface area contributed by atoms with Crippen molar-refractivity contribution in [2.24, 2.45) is 5.73 Å². The highest BCUT2D eigenvalue weighted by Crippen LogP contribution is 2.32. The third kappa shape index (κ3) is 2.88. The van der Waals surface area contributed by atoms with Crippen molar-refractivity contribution < 1.29 is 14.3 Å². The lowest BCUT2D eigenvalue weighted by Gasteiger charge is -2.13. The maximum atomic E-state index is 11.1. The summed E-state index contributed by atoms with van der Waals surface area (Å²) in [7, 11) is 0. The predicted molar refractivity (Wildman–Crippen MR) is 62.9 cm³/mol. The van der Waals surface area contributed by atoms with Gasteiger partial charge in [-0.1, -0.05) is 6.07 Å². The van der Waals surface area contributed by atoms with Crippen LogP contribution in [0.3, 0.4) is 0 Å². The van der Waals surface area contributed by atoms with E-state index in [4.69, 9.17) is 15.2 Å². The molecule has 1 aromatic carbocycles. The lowest BCUT2D eigenvalue weighted by Crippen LogP contribution is -2.38. The molecule has 3 N–H and O–H groups in total. The Hall–Kier alpha value is -1.75. The van der Waals surface area contributed by atoms with Crippen LogP contribution in [-0.2, 0) is 11.2 Å². The van der Waals surface area contributed by atoms with E-state index in [-0.39, 0.29) is 25.3 Å². The van der Waals surface area contributed by atoms with Crippen molar-refractivity contribution in [3.63, 3.8) is 0 Å². The van der Waals surface area contributed by atoms with Crippen LogP contribution in [0.5, 0.6) is 11.5 Å². The molecule has 1 atom stereocenters. The van der Waals surface area contributed by atoms with E-state index in [0.29, 0.717) is 0 Å². The minimum atomic E-state index is -0.141. The molecule has 0 aliphatic carbocycles. The molecule has 1 aliphatic rings. The van der Waals surface area contributed by atoms with Crippen LogP contribution in [0.1, 0.15) is 12.5 Å². The third-order valence-electron chi connectivity index (χ3n) is 2.57. The Labute approximate surface area is 99.9 Å². The highest BCUT2D eigenvalue weighted by atomic mass is 16.7. The summed E-state index contributed by atoms with van der Waals surface area (Å²) in [6, 6.07) is 5.84. The molecule has 0 radical (unpaired) electrons. The number of carbonyl (C=O) groups excluding carboxylic acids is 1. The molecule has 17 heavy (non-hydrogen) atoms. The van der Waals surface area contributed by atoms with Crippen LogP contribution in [0.4, 0.5) is 0 Å². The molecule has 0 saturated carbocycles. The van der Waals surface area contributed by atoms with Crippen molar-refractivity contribution in [3.8, 4) is 11.5 Å². The quantitative estimate of drug-likeness (QED) is 0.794. The maximum Gasteiger partial charge on any atom is 0.233 e. The normalized spacial score (nSPS) is 14.5. The van der Waals surface area contributed by atoms with Gasteiger partial charge < -0.3 is 20.5 Å². The first-order valence-corrected chi connectivity index (χ1v) is 5.57. The smallest absolute Gasteiger partial charge is 0.233 e. The zero-order chi connectivity index (χ0) is 12.3. The summed E-state index contributed by atoms with van der Waals surface area (Å²) in [6.07, 6.45) is 0.738. The monoisotopic (exact) mass is 236 g/mol. The minimum absolute atomic E-state index is 0.0193. The van der Waals surface area contributed by atoms with E-state index in [1.807, 2.05) is 25.1 Å². The van der Waals surface area contributed by atoms with Crippen molar-refractivity contribution in [1.29, 1.82) is 0 Å². The maximum absolute atomic E-state index is 11.1. The fourth-order valence-corrected chi connectivity index (χ4v) is 1.81. The molecule has 1 amide bonds. The molecule has 92 valence electrons. The SMILES string of the molecule is CC(Cc1ccc2c(c1)OCO2)NC(=O)CN. The van der Waals surface area contributed by atoms with Gasteiger partial charge in [-0.3, -0.25) is 4.79 Å². The molecule has 0 bridgehead atoms. The summed E-state index contributed by atoms with van der Waals surface area (Å²) in [5, 5.41) is 2.81. The first-order chi connectivity index (χ1) is 8.19. The molecule has 0 aromatic heterocycles. The first-order valence-electron chi connectivity index (χ1n) is 5.57. The van der Waals surface area contributed by atoms with Crippen LogP contribution in [0, 0.1) is 0 Å². The highest BCUT2D eigenvalue weighted by Gasteiger charge is 2.14. The second kappa shape index (κ2) is 5.05. The largest absolute Gasteiger partial charge is 0.454 e. The van der Waals surface area contributed by atoms with Gasteiger partial charge in [-0.15, -0.1) is 0 Å². The molecule has 1 heterocycles. The molecule has 0 saturated heterocycles. The van der Waals surface area contributed by atoms with Crippen LogP contribution in [0.25, 0.3) is 0 Å². The van der Waals surface area contributed by atoms with Gasteiger partial charge in [-0.2, -0.15) is 0 Å². The topological polar surface area (TPSA) is 73.6 Å².